The largest absolute Gasteiger partial charge is 0.395 e. The first kappa shape index (κ1) is 21.9. The van der Waals surface area contributed by atoms with Crippen LogP contribution in [-0.2, 0) is 10.0 Å². The molecule has 2 saturated heterocycles. The van der Waals surface area contributed by atoms with Gasteiger partial charge in [-0.3, -0.25) is 4.90 Å². The van der Waals surface area contributed by atoms with Crippen LogP contribution in [-0.4, -0.2) is 98.4 Å². The molecule has 2 aliphatic rings. The lowest BCUT2D eigenvalue weighted by atomic mass is 10.3. The molecule has 0 unspecified atom stereocenters. The van der Waals surface area contributed by atoms with E-state index in [-0.39, 0.29) is 11.5 Å². The lowest BCUT2D eigenvalue weighted by Gasteiger charge is -2.36. The second-order valence-electron chi connectivity index (χ2n) is 7.65. The Morgan fingerprint density at radius 1 is 0.871 bits per heavy atom. The van der Waals surface area contributed by atoms with Crippen LogP contribution >= 0.6 is 0 Å². The zero-order chi connectivity index (χ0) is 21.8. The molecule has 0 aliphatic carbocycles. The highest BCUT2D eigenvalue weighted by Gasteiger charge is 2.29. The molecule has 0 saturated carbocycles. The van der Waals surface area contributed by atoms with Crippen LogP contribution in [0.5, 0.6) is 0 Å². The topological polar surface area (TPSA) is 93.1 Å². The number of benzene rings is 1. The van der Waals surface area contributed by atoms with Gasteiger partial charge in [0.2, 0.25) is 10.0 Å². The summed E-state index contributed by atoms with van der Waals surface area (Å²) in [5.41, 5.74) is 0. The van der Waals surface area contributed by atoms with E-state index in [4.69, 9.17) is 5.11 Å². The van der Waals surface area contributed by atoms with Gasteiger partial charge in [0.05, 0.1) is 11.5 Å². The molecule has 0 atom stereocenters. The summed E-state index contributed by atoms with van der Waals surface area (Å²) in [6.07, 6.45) is 0. The van der Waals surface area contributed by atoms with Crippen molar-refractivity contribution in [3.05, 3.63) is 42.2 Å². The van der Waals surface area contributed by atoms with Crippen molar-refractivity contribution in [2.75, 3.05) is 75.3 Å². The maximum Gasteiger partial charge on any atom is 0.243 e. The molecular weight excluding hydrogens is 423 g/mol. The Morgan fingerprint density at radius 3 is 1.97 bits per heavy atom. The molecule has 1 aromatic carbocycles. The van der Waals surface area contributed by atoms with Crippen molar-refractivity contribution in [3.8, 4) is 0 Å². The number of sulfonamides is 1. The summed E-state index contributed by atoms with van der Waals surface area (Å²) in [5, 5.41) is 17.8. The van der Waals surface area contributed by atoms with Gasteiger partial charge >= 0.3 is 0 Å². The first-order valence-corrected chi connectivity index (χ1v) is 11.8. The number of aromatic nitrogens is 2. The second kappa shape index (κ2) is 9.43. The monoisotopic (exact) mass is 450 g/mol. The number of aliphatic hydroxyl groups is 1. The first-order chi connectivity index (χ1) is 15.0. The van der Waals surface area contributed by atoms with Gasteiger partial charge in [0.15, 0.2) is 11.6 Å². The highest BCUT2D eigenvalue weighted by atomic mass is 32.2. The molecule has 2 aromatic rings. The minimum Gasteiger partial charge on any atom is -0.395 e. The molecule has 1 N–H and O–H groups in total. The van der Waals surface area contributed by atoms with Crippen LogP contribution in [0.15, 0.2) is 41.3 Å². The third-order valence-electron chi connectivity index (χ3n) is 5.75. The zero-order valence-electron chi connectivity index (χ0n) is 17.3. The third kappa shape index (κ3) is 4.95. The quantitative estimate of drug-likeness (QED) is 0.669. The number of hydrogen-bond donors (Lipinski definition) is 1. The van der Waals surface area contributed by atoms with Crippen LogP contribution < -0.4 is 9.80 Å². The fourth-order valence-corrected chi connectivity index (χ4v) is 5.39. The van der Waals surface area contributed by atoms with Crippen molar-refractivity contribution >= 4 is 21.7 Å². The molecule has 2 aliphatic heterocycles. The van der Waals surface area contributed by atoms with Crippen LogP contribution in [0.1, 0.15) is 0 Å². The molecule has 3 heterocycles. The molecule has 0 spiro atoms. The van der Waals surface area contributed by atoms with Gasteiger partial charge in [0, 0.05) is 58.9 Å². The number of rotatable bonds is 6. The average Bonchev–Trinajstić information content (AvgIpc) is 2.80. The number of piperazine rings is 2. The lowest BCUT2D eigenvalue weighted by molar-refractivity contribution is 0.188. The Bertz CT molecular complexity index is 975. The van der Waals surface area contributed by atoms with E-state index in [1.54, 1.807) is 0 Å². The molecule has 4 rings (SSSR count). The molecule has 168 valence electrons. The standard InChI is InChI=1S/C20H27FN6O3S/c21-17-2-1-3-18(16-17)31(29,30)27-12-10-26(11-13-27)20-5-4-19(22-23-20)25-8-6-24(7-9-25)14-15-28/h1-5,16,28H,6-15H2. The van der Waals surface area contributed by atoms with Crippen molar-refractivity contribution in [3.63, 3.8) is 0 Å². The SMILES string of the molecule is O=S(=O)(c1cccc(F)c1)N1CCN(c2ccc(N3CCN(CCO)CC3)nn2)CC1. The second-order valence-corrected chi connectivity index (χ2v) is 9.59. The van der Waals surface area contributed by atoms with Gasteiger partial charge < -0.3 is 14.9 Å². The summed E-state index contributed by atoms with van der Waals surface area (Å²) in [6.45, 7) is 5.88. The van der Waals surface area contributed by atoms with Crippen molar-refractivity contribution in [2.24, 2.45) is 0 Å². The molecular formula is C20H27FN6O3S. The van der Waals surface area contributed by atoms with Gasteiger partial charge in [0.25, 0.3) is 0 Å². The summed E-state index contributed by atoms with van der Waals surface area (Å²) in [5.74, 6) is 0.968. The van der Waals surface area contributed by atoms with E-state index < -0.39 is 15.8 Å². The van der Waals surface area contributed by atoms with Crippen LogP contribution in [0.2, 0.25) is 0 Å². The van der Waals surface area contributed by atoms with E-state index in [0.717, 1.165) is 38.1 Å². The fourth-order valence-electron chi connectivity index (χ4n) is 3.93. The van der Waals surface area contributed by atoms with Crippen molar-refractivity contribution < 1.29 is 17.9 Å². The predicted octanol–water partition coefficient (Wildman–Crippen LogP) is 0.241. The maximum atomic E-state index is 13.4. The van der Waals surface area contributed by atoms with Gasteiger partial charge in [-0.05, 0) is 30.3 Å². The van der Waals surface area contributed by atoms with Crippen molar-refractivity contribution in [1.82, 2.24) is 19.4 Å². The van der Waals surface area contributed by atoms with E-state index in [2.05, 4.69) is 20.0 Å². The minimum absolute atomic E-state index is 0.0239. The average molecular weight is 451 g/mol. The highest BCUT2D eigenvalue weighted by Crippen LogP contribution is 2.21. The number of anilines is 2. The Labute approximate surface area is 181 Å². The van der Waals surface area contributed by atoms with Crippen LogP contribution in [0.3, 0.4) is 0 Å². The number of halogens is 1. The van der Waals surface area contributed by atoms with Crippen LogP contribution in [0, 0.1) is 5.82 Å². The van der Waals surface area contributed by atoms with E-state index >= 15 is 0 Å². The maximum absolute atomic E-state index is 13.4. The van der Waals surface area contributed by atoms with Crippen LogP contribution in [0.4, 0.5) is 16.0 Å². The summed E-state index contributed by atoms with van der Waals surface area (Å²) < 4.78 is 40.3. The first-order valence-electron chi connectivity index (χ1n) is 10.4. The van der Waals surface area contributed by atoms with Crippen LogP contribution in [0.25, 0.3) is 0 Å². The number of aliphatic hydroxyl groups excluding tert-OH is 1. The Kier molecular flexibility index (Phi) is 6.65. The normalized spacial score (nSPS) is 19.0. The highest BCUT2D eigenvalue weighted by molar-refractivity contribution is 7.89. The van der Waals surface area contributed by atoms with Gasteiger partial charge in [-0.1, -0.05) is 6.07 Å². The molecule has 1 aromatic heterocycles. The smallest absolute Gasteiger partial charge is 0.243 e. The summed E-state index contributed by atoms with van der Waals surface area (Å²) in [6, 6.07) is 8.96. The molecule has 11 heteroatoms. The molecule has 2 fully saturated rings. The molecule has 0 amide bonds. The van der Waals surface area contributed by atoms with Gasteiger partial charge in [-0.15, -0.1) is 10.2 Å². The third-order valence-corrected chi connectivity index (χ3v) is 7.64. The summed E-state index contributed by atoms with van der Waals surface area (Å²) in [7, 11) is -3.72. The van der Waals surface area contributed by atoms with E-state index in [0.29, 0.717) is 38.5 Å². The number of β-amino-alcohol motifs (C(OH)–C–C–N with tert-alkyl or cyclic N) is 1. The number of hydrogen-bond acceptors (Lipinski definition) is 8. The summed E-state index contributed by atoms with van der Waals surface area (Å²) in [4.78, 5) is 6.38. The molecule has 0 bridgehead atoms. The van der Waals surface area contributed by atoms with Gasteiger partial charge in [-0.25, -0.2) is 12.8 Å². The summed E-state index contributed by atoms with van der Waals surface area (Å²) >= 11 is 0. The zero-order valence-corrected chi connectivity index (χ0v) is 18.1. The Balaban J connectivity index is 1.34. The molecule has 31 heavy (non-hydrogen) atoms. The van der Waals surface area contributed by atoms with Gasteiger partial charge in [-0.2, -0.15) is 4.31 Å². The van der Waals surface area contributed by atoms with E-state index in [9.17, 15) is 12.8 Å². The molecule has 0 radical (unpaired) electrons. The van der Waals surface area contributed by atoms with Gasteiger partial charge in [0.1, 0.15) is 5.82 Å². The fraction of sp³-hybridized carbons (Fsp3) is 0.500. The Morgan fingerprint density at radius 2 is 1.45 bits per heavy atom. The lowest BCUT2D eigenvalue weighted by Crippen LogP contribution is -2.49. The minimum atomic E-state index is -3.72. The number of nitrogens with zero attached hydrogens (tertiary/aromatic N) is 6. The van der Waals surface area contributed by atoms with E-state index in [1.807, 2.05) is 17.0 Å². The Hall–Kier alpha value is -2.34. The van der Waals surface area contributed by atoms with Crippen molar-refractivity contribution in [1.29, 1.82) is 0 Å². The van der Waals surface area contributed by atoms with E-state index in [1.165, 1.54) is 22.5 Å². The predicted molar refractivity (Wildman–Crippen MR) is 115 cm³/mol. The molecule has 9 nitrogen and oxygen atoms in total. The van der Waals surface area contributed by atoms with Crippen molar-refractivity contribution in [2.45, 2.75) is 4.90 Å².